The van der Waals surface area contributed by atoms with Gasteiger partial charge in [0.1, 0.15) is 0 Å². The number of anilines is 1. The first-order valence-electron chi connectivity index (χ1n) is 8.33. The Morgan fingerprint density at radius 2 is 1.74 bits per heavy atom. The van der Waals surface area contributed by atoms with Gasteiger partial charge in [-0.2, -0.15) is 0 Å². The highest BCUT2D eigenvalue weighted by Gasteiger charge is 2.16. The van der Waals surface area contributed by atoms with E-state index in [2.05, 4.69) is 62.0 Å². The first-order valence-corrected chi connectivity index (χ1v) is 8.33. The molecule has 0 radical (unpaired) electrons. The van der Waals surface area contributed by atoms with Gasteiger partial charge in [-0.3, -0.25) is 9.89 Å². The lowest BCUT2D eigenvalue weighted by molar-refractivity contribution is 0.196. The SMILES string of the molecule is CCN(CC)C(CN=C(N)Nc1ccc(C)cc1)CC(C)C.I. The standard InChI is InChI=1S/C18H32N4.HI/c1-6-22(7-2)17(12-14(3)4)13-20-18(19)21-16-10-8-15(5)9-11-16;/h8-11,14,17H,6-7,12-13H2,1-5H3,(H3,19,20,21);1H. The highest BCUT2D eigenvalue weighted by Crippen LogP contribution is 2.12. The lowest BCUT2D eigenvalue weighted by atomic mass is 10.0. The number of nitrogens with one attached hydrogen (secondary N) is 1. The van der Waals surface area contributed by atoms with Crippen molar-refractivity contribution < 1.29 is 0 Å². The minimum atomic E-state index is 0. The summed E-state index contributed by atoms with van der Waals surface area (Å²) in [5, 5.41) is 3.16. The summed E-state index contributed by atoms with van der Waals surface area (Å²) in [5.74, 6) is 1.15. The lowest BCUT2D eigenvalue weighted by Gasteiger charge is -2.29. The maximum atomic E-state index is 6.03. The Labute approximate surface area is 158 Å². The van der Waals surface area contributed by atoms with E-state index in [4.69, 9.17) is 5.73 Å². The molecule has 0 fully saturated rings. The Bertz CT molecular complexity index is 453. The average molecular weight is 432 g/mol. The number of nitrogens with two attached hydrogens (primary N) is 1. The van der Waals surface area contributed by atoms with Crippen LogP contribution in [0, 0.1) is 12.8 Å². The van der Waals surface area contributed by atoms with Crippen LogP contribution < -0.4 is 11.1 Å². The number of hydrogen-bond acceptors (Lipinski definition) is 2. The van der Waals surface area contributed by atoms with Crippen molar-refractivity contribution in [1.29, 1.82) is 0 Å². The summed E-state index contributed by atoms with van der Waals surface area (Å²) < 4.78 is 0. The molecule has 1 aromatic rings. The summed E-state index contributed by atoms with van der Waals surface area (Å²) in [4.78, 5) is 7.01. The molecule has 0 aliphatic heterocycles. The van der Waals surface area contributed by atoms with Gasteiger partial charge < -0.3 is 11.1 Å². The molecule has 0 spiro atoms. The topological polar surface area (TPSA) is 53.6 Å². The van der Waals surface area contributed by atoms with Gasteiger partial charge >= 0.3 is 0 Å². The molecule has 1 rings (SSSR count). The number of guanidine groups is 1. The van der Waals surface area contributed by atoms with Crippen LogP contribution in [0.4, 0.5) is 5.69 Å². The maximum absolute atomic E-state index is 6.03. The van der Waals surface area contributed by atoms with E-state index in [0.29, 0.717) is 17.9 Å². The van der Waals surface area contributed by atoms with Crippen molar-refractivity contribution in [3.8, 4) is 0 Å². The van der Waals surface area contributed by atoms with Crippen LogP contribution in [-0.2, 0) is 0 Å². The monoisotopic (exact) mass is 432 g/mol. The van der Waals surface area contributed by atoms with Crippen LogP contribution in [0.2, 0.25) is 0 Å². The number of likely N-dealkylation sites (N-methyl/N-ethyl adjacent to an activating group) is 1. The van der Waals surface area contributed by atoms with Crippen molar-refractivity contribution in [2.24, 2.45) is 16.6 Å². The van der Waals surface area contributed by atoms with E-state index in [-0.39, 0.29) is 24.0 Å². The molecule has 0 saturated carbocycles. The number of nitrogens with zero attached hydrogens (tertiary/aromatic N) is 2. The first-order chi connectivity index (χ1) is 10.5. The summed E-state index contributed by atoms with van der Waals surface area (Å²) in [6, 6.07) is 8.62. The zero-order valence-electron chi connectivity index (χ0n) is 15.2. The summed E-state index contributed by atoms with van der Waals surface area (Å²) >= 11 is 0. The molecule has 0 aliphatic rings. The third kappa shape index (κ3) is 8.55. The average Bonchev–Trinajstić information content (AvgIpc) is 2.47. The molecule has 4 nitrogen and oxygen atoms in total. The maximum Gasteiger partial charge on any atom is 0.193 e. The van der Waals surface area contributed by atoms with E-state index in [1.807, 2.05) is 12.1 Å². The zero-order chi connectivity index (χ0) is 16.5. The normalized spacial score (nSPS) is 13.1. The van der Waals surface area contributed by atoms with E-state index in [9.17, 15) is 0 Å². The first kappa shape index (κ1) is 22.2. The van der Waals surface area contributed by atoms with E-state index in [1.165, 1.54) is 5.56 Å². The van der Waals surface area contributed by atoms with Crippen molar-refractivity contribution in [3.63, 3.8) is 0 Å². The van der Waals surface area contributed by atoms with Gasteiger partial charge in [-0.05, 0) is 44.5 Å². The minimum Gasteiger partial charge on any atom is -0.370 e. The smallest absolute Gasteiger partial charge is 0.193 e. The highest BCUT2D eigenvalue weighted by molar-refractivity contribution is 14.0. The van der Waals surface area contributed by atoms with Crippen LogP contribution in [-0.4, -0.2) is 36.5 Å². The van der Waals surface area contributed by atoms with Crippen molar-refractivity contribution in [1.82, 2.24) is 4.90 Å². The fourth-order valence-electron chi connectivity index (χ4n) is 2.65. The molecule has 23 heavy (non-hydrogen) atoms. The minimum absolute atomic E-state index is 0. The van der Waals surface area contributed by atoms with Gasteiger partial charge in [-0.25, -0.2) is 0 Å². The molecule has 3 N–H and O–H groups in total. The van der Waals surface area contributed by atoms with Crippen molar-refractivity contribution in [3.05, 3.63) is 29.8 Å². The van der Waals surface area contributed by atoms with Gasteiger partial charge in [-0.1, -0.05) is 45.4 Å². The number of halogens is 1. The number of rotatable bonds is 8. The third-order valence-corrected chi connectivity index (χ3v) is 3.87. The van der Waals surface area contributed by atoms with Crippen LogP contribution in [0.25, 0.3) is 0 Å². The third-order valence-electron chi connectivity index (χ3n) is 3.87. The molecule has 0 heterocycles. The summed E-state index contributed by atoms with van der Waals surface area (Å²) in [5.41, 5.74) is 8.24. The Hall–Kier alpha value is -0.820. The largest absolute Gasteiger partial charge is 0.370 e. The van der Waals surface area contributed by atoms with E-state index in [1.54, 1.807) is 0 Å². The number of aryl methyl sites for hydroxylation is 1. The Kier molecular flexibility index (Phi) is 11.3. The summed E-state index contributed by atoms with van der Waals surface area (Å²) in [6.45, 7) is 13.8. The molecular formula is C18H33IN4. The predicted molar refractivity (Wildman–Crippen MR) is 113 cm³/mol. The van der Waals surface area contributed by atoms with Crippen molar-refractivity contribution in [2.45, 2.75) is 47.1 Å². The van der Waals surface area contributed by atoms with Crippen LogP contribution in [0.1, 0.15) is 39.7 Å². The summed E-state index contributed by atoms with van der Waals surface area (Å²) in [7, 11) is 0. The van der Waals surface area contributed by atoms with Crippen LogP contribution >= 0.6 is 24.0 Å². The van der Waals surface area contributed by atoms with E-state index in [0.717, 1.165) is 31.7 Å². The number of aliphatic imine (C=N–C) groups is 1. The Morgan fingerprint density at radius 3 is 2.22 bits per heavy atom. The number of hydrogen-bond donors (Lipinski definition) is 2. The quantitative estimate of drug-likeness (QED) is 0.370. The molecule has 0 aromatic heterocycles. The van der Waals surface area contributed by atoms with Gasteiger partial charge in [0.05, 0.1) is 6.54 Å². The van der Waals surface area contributed by atoms with Gasteiger partial charge in [-0.15, -0.1) is 24.0 Å². The fourth-order valence-corrected chi connectivity index (χ4v) is 2.65. The molecule has 1 aromatic carbocycles. The highest BCUT2D eigenvalue weighted by atomic mass is 127. The van der Waals surface area contributed by atoms with Crippen LogP contribution in [0.15, 0.2) is 29.3 Å². The van der Waals surface area contributed by atoms with Crippen molar-refractivity contribution in [2.75, 3.05) is 25.0 Å². The van der Waals surface area contributed by atoms with E-state index < -0.39 is 0 Å². The predicted octanol–water partition coefficient (Wildman–Crippen LogP) is 4.10. The second-order valence-electron chi connectivity index (χ2n) is 6.22. The van der Waals surface area contributed by atoms with Crippen LogP contribution in [0.3, 0.4) is 0 Å². The van der Waals surface area contributed by atoms with E-state index >= 15 is 0 Å². The number of benzene rings is 1. The molecule has 0 bridgehead atoms. The molecular weight excluding hydrogens is 399 g/mol. The van der Waals surface area contributed by atoms with Gasteiger partial charge in [0.2, 0.25) is 0 Å². The van der Waals surface area contributed by atoms with Crippen molar-refractivity contribution >= 4 is 35.6 Å². The molecule has 0 saturated heterocycles. The molecule has 1 atom stereocenters. The summed E-state index contributed by atoms with van der Waals surface area (Å²) in [6.07, 6.45) is 1.14. The Balaban J connectivity index is 0.00000484. The molecule has 0 aliphatic carbocycles. The fraction of sp³-hybridized carbons (Fsp3) is 0.611. The zero-order valence-corrected chi connectivity index (χ0v) is 17.5. The van der Waals surface area contributed by atoms with Gasteiger partial charge in [0.15, 0.2) is 5.96 Å². The molecule has 0 amide bonds. The molecule has 132 valence electrons. The second kappa shape index (κ2) is 11.7. The lowest BCUT2D eigenvalue weighted by Crippen LogP contribution is -2.39. The van der Waals surface area contributed by atoms with Gasteiger partial charge in [0.25, 0.3) is 0 Å². The molecule has 5 heteroatoms. The second-order valence-corrected chi connectivity index (χ2v) is 6.22. The molecule has 1 unspecified atom stereocenters. The van der Waals surface area contributed by atoms with Gasteiger partial charge in [0, 0.05) is 11.7 Å². The van der Waals surface area contributed by atoms with Crippen LogP contribution in [0.5, 0.6) is 0 Å². The Morgan fingerprint density at radius 1 is 1.17 bits per heavy atom.